The second kappa shape index (κ2) is 15.4. The predicted octanol–water partition coefficient (Wildman–Crippen LogP) is 12.0. The molecule has 8 saturated carbocycles. The number of fused-ring (bicyclic) bond motifs is 14. The maximum Gasteiger partial charge on any atom is 0.311 e. The van der Waals surface area contributed by atoms with Gasteiger partial charge in [0.1, 0.15) is 0 Å². The average molecular weight is 957 g/mol. The molecule has 10 rings (SSSR count). The van der Waals surface area contributed by atoms with Crippen molar-refractivity contribution in [3.05, 3.63) is 23.3 Å². The number of ether oxygens (including phenoxy) is 1. The molecule has 10 aliphatic carbocycles. The van der Waals surface area contributed by atoms with Crippen LogP contribution in [0.5, 0.6) is 0 Å². The van der Waals surface area contributed by atoms with Crippen LogP contribution < -0.4 is 0 Å². The van der Waals surface area contributed by atoms with Gasteiger partial charge in [-0.3, -0.25) is 14.4 Å². The zero-order chi connectivity index (χ0) is 50.2. The minimum atomic E-state index is -0.933. The molecule has 0 heterocycles. The Kier molecular flexibility index (Phi) is 11.2. The smallest absolute Gasteiger partial charge is 0.311 e. The van der Waals surface area contributed by atoms with Gasteiger partial charge in [0.05, 0.1) is 41.7 Å². The first-order valence-electron chi connectivity index (χ1n) is 28.0. The zero-order valence-corrected chi connectivity index (χ0v) is 44.7. The highest BCUT2D eigenvalue weighted by Gasteiger charge is 2.72. The second-order valence-electron chi connectivity index (χ2n) is 29.6. The fourth-order valence-corrected chi connectivity index (χ4v) is 21.7. The van der Waals surface area contributed by atoms with Crippen molar-refractivity contribution in [2.24, 2.45) is 100 Å². The molecule has 0 aromatic rings. The van der Waals surface area contributed by atoms with Gasteiger partial charge in [-0.05, 0) is 209 Å². The van der Waals surface area contributed by atoms with Crippen molar-refractivity contribution in [2.75, 3.05) is 13.2 Å². The maximum absolute atomic E-state index is 14.9. The molecule has 8 fully saturated rings. The maximum atomic E-state index is 14.9. The van der Waals surface area contributed by atoms with E-state index in [1.807, 2.05) is 6.92 Å². The fraction of sp³-hybridized carbons (Fsp3) is 0.883. The molecule has 0 spiro atoms. The number of carbonyl (C=O) groups excluding carboxylic acids is 1. The lowest BCUT2D eigenvalue weighted by atomic mass is 9.33. The van der Waals surface area contributed by atoms with Gasteiger partial charge in [-0.2, -0.15) is 0 Å². The molecule has 10 aliphatic rings. The Morgan fingerprint density at radius 2 is 1.01 bits per heavy atom. The molecule has 19 atom stereocenters. The topological polar surface area (TPSA) is 162 Å². The van der Waals surface area contributed by atoms with Crippen LogP contribution in [0.15, 0.2) is 23.3 Å². The monoisotopic (exact) mass is 957 g/mol. The number of aliphatic hydroxyl groups is 3. The summed E-state index contributed by atoms with van der Waals surface area (Å²) in [6.07, 6.45) is 19.5. The van der Waals surface area contributed by atoms with Crippen molar-refractivity contribution in [2.45, 2.75) is 217 Å². The molecule has 0 radical (unpaired) electrons. The van der Waals surface area contributed by atoms with Crippen LogP contribution in [-0.2, 0) is 19.1 Å². The highest BCUT2D eigenvalue weighted by molar-refractivity contribution is 5.80. The van der Waals surface area contributed by atoms with Crippen LogP contribution in [0.1, 0.15) is 205 Å². The molecule has 0 aromatic heterocycles. The summed E-state index contributed by atoms with van der Waals surface area (Å²) >= 11 is 0. The summed E-state index contributed by atoms with van der Waals surface area (Å²) in [6.45, 7) is 25.9. The molecule has 386 valence electrons. The number of carboxylic acid groups (broad SMARTS) is 2. The fourth-order valence-electron chi connectivity index (χ4n) is 21.7. The summed E-state index contributed by atoms with van der Waals surface area (Å²) in [6, 6.07) is 0. The normalized spacial score (nSPS) is 55.0. The quantitative estimate of drug-likeness (QED) is 0.129. The van der Waals surface area contributed by atoms with Gasteiger partial charge in [0.25, 0.3) is 0 Å². The van der Waals surface area contributed by atoms with Gasteiger partial charge in [-0.15, -0.1) is 0 Å². The van der Waals surface area contributed by atoms with E-state index >= 15 is 0 Å². The molecule has 0 saturated heterocycles. The lowest BCUT2D eigenvalue weighted by molar-refractivity contribution is -0.217. The van der Waals surface area contributed by atoms with E-state index in [2.05, 4.69) is 81.4 Å². The van der Waals surface area contributed by atoms with E-state index in [4.69, 9.17) is 4.74 Å². The first kappa shape index (κ1) is 50.3. The van der Waals surface area contributed by atoms with E-state index in [0.717, 1.165) is 70.6 Å². The molecule has 0 aromatic carbocycles. The average Bonchev–Trinajstić information content (AvgIpc) is 3.28. The number of carboxylic acids is 2. The van der Waals surface area contributed by atoms with E-state index in [0.29, 0.717) is 75.5 Å². The molecule has 0 aliphatic heterocycles. The SMILES string of the molecule is CC1(C)[C@@H](O)CC[C@]2(C)[C@H]3CC=C4[C@@H]5C[C@](C)(COC(=O)[C@]6(C)CC[C@]7(C(=O)O)CC[C@]8(C)C(=CC[C@H]9[C@@]%10(C)CC[C@H](O)[C@](C)(CO)[C@@H]%10CC[C@]98C)[C@@H]7C6)CC[C@]5(C(=O)O)CC[C@@]4(C)[C@]3(C)CC[C@@H]12. The van der Waals surface area contributed by atoms with Gasteiger partial charge < -0.3 is 30.3 Å². The number of aliphatic carboxylic acids is 2. The van der Waals surface area contributed by atoms with Gasteiger partial charge in [0, 0.05) is 10.8 Å². The van der Waals surface area contributed by atoms with Crippen molar-refractivity contribution in [1.29, 1.82) is 0 Å². The Balaban J connectivity index is 0.903. The minimum Gasteiger partial charge on any atom is -0.481 e. The van der Waals surface area contributed by atoms with E-state index in [1.54, 1.807) is 0 Å². The summed E-state index contributed by atoms with van der Waals surface area (Å²) in [4.78, 5) is 42.2. The van der Waals surface area contributed by atoms with Crippen molar-refractivity contribution >= 4 is 17.9 Å². The molecular formula is C60H92O9. The third-order valence-electron chi connectivity index (χ3n) is 26.9. The highest BCUT2D eigenvalue weighted by atomic mass is 16.5. The van der Waals surface area contributed by atoms with E-state index in [-0.39, 0.29) is 80.9 Å². The predicted molar refractivity (Wildman–Crippen MR) is 266 cm³/mol. The van der Waals surface area contributed by atoms with Crippen LogP contribution in [0.3, 0.4) is 0 Å². The zero-order valence-electron chi connectivity index (χ0n) is 44.7. The van der Waals surface area contributed by atoms with Gasteiger partial charge in [0.15, 0.2) is 0 Å². The number of rotatable bonds is 6. The molecule has 69 heavy (non-hydrogen) atoms. The Bertz CT molecular complexity index is 2230. The number of allylic oxidation sites excluding steroid dienone is 4. The van der Waals surface area contributed by atoms with Crippen LogP contribution in [0.2, 0.25) is 0 Å². The third-order valence-corrected chi connectivity index (χ3v) is 26.9. The molecule has 0 unspecified atom stereocenters. The van der Waals surface area contributed by atoms with Crippen LogP contribution in [-0.4, -0.2) is 68.9 Å². The van der Waals surface area contributed by atoms with E-state index < -0.39 is 45.1 Å². The van der Waals surface area contributed by atoms with Crippen molar-refractivity contribution in [3.8, 4) is 0 Å². The molecule has 0 bridgehead atoms. The first-order valence-corrected chi connectivity index (χ1v) is 28.0. The van der Waals surface area contributed by atoms with E-state index in [9.17, 15) is 39.9 Å². The largest absolute Gasteiger partial charge is 0.481 e. The minimum absolute atomic E-state index is 0.00581. The number of hydrogen-bond donors (Lipinski definition) is 5. The Morgan fingerprint density at radius 3 is 1.54 bits per heavy atom. The van der Waals surface area contributed by atoms with E-state index in [1.165, 1.54) is 11.1 Å². The summed E-state index contributed by atoms with van der Waals surface area (Å²) in [7, 11) is 0. The van der Waals surface area contributed by atoms with Crippen LogP contribution in [0.25, 0.3) is 0 Å². The van der Waals surface area contributed by atoms with Crippen molar-refractivity contribution in [3.63, 3.8) is 0 Å². The number of aliphatic hydroxyl groups excluding tert-OH is 3. The summed E-state index contributed by atoms with van der Waals surface area (Å²) in [5.41, 5.74) is -1.61. The number of esters is 1. The molecular weight excluding hydrogens is 865 g/mol. The molecule has 0 amide bonds. The Labute approximate surface area is 414 Å². The van der Waals surface area contributed by atoms with Gasteiger partial charge in [-0.25, -0.2) is 0 Å². The summed E-state index contributed by atoms with van der Waals surface area (Å²) in [5, 5.41) is 55.6. The molecule has 5 N–H and O–H groups in total. The Morgan fingerprint density at radius 1 is 0.551 bits per heavy atom. The summed E-state index contributed by atoms with van der Waals surface area (Å²) < 4.78 is 6.58. The Hall–Kier alpha value is -2.23. The number of hydrogen-bond acceptors (Lipinski definition) is 7. The first-order chi connectivity index (χ1) is 32.0. The van der Waals surface area contributed by atoms with Crippen LogP contribution >= 0.6 is 0 Å². The van der Waals surface area contributed by atoms with Crippen molar-refractivity contribution in [1.82, 2.24) is 0 Å². The standard InChI is InChI=1S/C60H92O9/c1-49(2)40-16-22-57(10)42(52(40,5)20-18-44(49)62)14-12-36-38-32-50(3,24-28-59(38,46(64)65)30-26-55(36,57)8)35-69-48(68)51(4)25-29-60(47(66)67)31-27-56(9)37(39(60)33-51)13-15-43-53(6)21-19-45(63)54(7,34-61)41(53)17-23-58(43,56)11/h12-13,38-45,61-63H,14-35H2,1-11H3,(H,64,65)(H,66,67)/t38-,39-,40-,41+,42+,43-,44-,45-,50+,51+,52-,53-,54+,55+,56+,57+,58+,59-,60-/m0/s1. The lowest BCUT2D eigenvalue weighted by Gasteiger charge is -2.71. The van der Waals surface area contributed by atoms with Crippen LogP contribution in [0.4, 0.5) is 0 Å². The van der Waals surface area contributed by atoms with Gasteiger partial charge >= 0.3 is 17.9 Å². The van der Waals surface area contributed by atoms with Gasteiger partial charge in [-0.1, -0.05) is 92.5 Å². The third kappa shape index (κ3) is 6.26. The molecule has 9 nitrogen and oxygen atoms in total. The highest BCUT2D eigenvalue weighted by Crippen LogP contribution is 2.78. The van der Waals surface area contributed by atoms with Crippen molar-refractivity contribution < 1.29 is 44.7 Å². The summed E-state index contributed by atoms with van der Waals surface area (Å²) in [5.74, 6) is -0.672. The molecule has 9 heteroatoms. The lowest BCUT2D eigenvalue weighted by Crippen LogP contribution is -2.66. The van der Waals surface area contributed by atoms with Crippen LogP contribution in [0, 0.1) is 100 Å². The second-order valence-corrected chi connectivity index (χ2v) is 29.6. The van der Waals surface area contributed by atoms with Gasteiger partial charge in [0.2, 0.25) is 0 Å². The number of carbonyl (C=O) groups is 3.